The summed E-state index contributed by atoms with van der Waals surface area (Å²) in [5.41, 5.74) is 0.641. The first-order valence-corrected chi connectivity index (χ1v) is 37.2. The molecule has 0 bridgehead atoms. The second kappa shape index (κ2) is 52.7. The fourth-order valence-electron chi connectivity index (χ4n) is 11.5. The van der Waals surface area contributed by atoms with Gasteiger partial charge >= 0.3 is 29.8 Å². The van der Waals surface area contributed by atoms with Gasteiger partial charge in [0.15, 0.2) is 0 Å². The molecule has 0 unspecified atom stereocenters. The van der Waals surface area contributed by atoms with Crippen LogP contribution in [0.3, 0.4) is 0 Å². The zero-order valence-corrected chi connectivity index (χ0v) is 65.7. The predicted octanol–water partition coefficient (Wildman–Crippen LogP) is 5.34. The fraction of sp³-hybridized carbons (Fsp3) is 0.776. The molecule has 4 rings (SSSR count). The van der Waals surface area contributed by atoms with Gasteiger partial charge in [0.1, 0.15) is 54.9 Å². The third-order valence-electron chi connectivity index (χ3n) is 17.3. The summed E-state index contributed by atoms with van der Waals surface area (Å²) < 4.78 is 78.5. The highest BCUT2D eigenvalue weighted by Gasteiger charge is 2.38. The number of nitrogens with zero attached hydrogens (tertiary/aromatic N) is 5. The van der Waals surface area contributed by atoms with Crippen molar-refractivity contribution in [2.45, 2.75) is 162 Å². The molecule has 2 aliphatic rings. The number of nitrogens with one attached hydrogen (secondary N) is 3. The third kappa shape index (κ3) is 40.4. The van der Waals surface area contributed by atoms with Crippen molar-refractivity contribution in [1.29, 1.82) is 0 Å². The van der Waals surface area contributed by atoms with E-state index in [2.05, 4.69) is 37.9 Å². The SMILES string of the molecule is CCOCCOCCOc1ccc(CCC[C@@H](C(=O)OC)N2CCN([C@@H](COC(C)(C)C)C(=O)OC)CCN([C@@H](COC(C)(C)C)C(=O)OC)CCN([C@@H](COC(C)(C)C)C(=O)OC)CC2)cc1.CCOCCOCCOc1ccc(CCC[C@@H](C(=O)OC)N2CCNCCNCCNCC2)cc1. The van der Waals surface area contributed by atoms with E-state index in [1.165, 1.54) is 41.1 Å². The van der Waals surface area contributed by atoms with Crippen LogP contribution in [0.1, 0.15) is 113 Å². The summed E-state index contributed by atoms with van der Waals surface area (Å²) in [6, 6.07) is 12.7. The molecule has 0 aromatic heterocycles. The van der Waals surface area contributed by atoms with Gasteiger partial charge in [-0.25, -0.2) is 0 Å². The van der Waals surface area contributed by atoms with E-state index in [0.717, 1.165) is 88.7 Å². The second-order valence-electron chi connectivity index (χ2n) is 28.3. The van der Waals surface area contributed by atoms with E-state index in [4.69, 9.17) is 66.3 Å². The summed E-state index contributed by atoms with van der Waals surface area (Å²) in [7, 11) is 6.92. The Kier molecular flexibility index (Phi) is 47.1. The molecule has 3 N–H and O–H groups in total. The van der Waals surface area contributed by atoms with Crippen LogP contribution in [-0.4, -0.2) is 328 Å². The van der Waals surface area contributed by atoms with E-state index in [9.17, 15) is 24.0 Å². The Hall–Kier alpha value is -5.21. The van der Waals surface area contributed by atoms with E-state index in [0.29, 0.717) is 125 Å². The molecule has 0 amide bonds. The first-order valence-electron chi connectivity index (χ1n) is 37.2. The molecule has 2 aliphatic heterocycles. The Morgan fingerprint density at radius 3 is 0.883 bits per heavy atom. The third-order valence-corrected chi connectivity index (χ3v) is 17.3. The van der Waals surface area contributed by atoms with Gasteiger partial charge in [-0.05, 0) is 150 Å². The molecule has 0 spiro atoms. The number of ether oxygens (including phenoxy) is 14. The van der Waals surface area contributed by atoms with Crippen molar-refractivity contribution in [2.24, 2.45) is 0 Å². The highest BCUT2D eigenvalue weighted by molar-refractivity contribution is 5.77. The highest BCUT2D eigenvalue weighted by Crippen LogP contribution is 2.22. The van der Waals surface area contributed by atoms with Crippen molar-refractivity contribution in [2.75, 3.05) is 226 Å². The number of hydrogen-bond donors (Lipinski definition) is 3. The number of esters is 5. The summed E-state index contributed by atoms with van der Waals surface area (Å²) in [5, 5.41) is 10.3. The van der Waals surface area contributed by atoms with Crippen molar-refractivity contribution in [3.8, 4) is 11.5 Å². The molecule has 2 fully saturated rings. The molecule has 0 aliphatic carbocycles. The van der Waals surface area contributed by atoms with Gasteiger partial charge in [0.05, 0.1) is 112 Å². The van der Waals surface area contributed by atoms with E-state index in [1.807, 2.05) is 127 Å². The first kappa shape index (κ1) is 92.0. The van der Waals surface area contributed by atoms with Gasteiger partial charge in [0.25, 0.3) is 0 Å². The minimum Gasteiger partial charge on any atom is -0.491 e. The Morgan fingerprint density at radius 1 is 0.350 bits per heavy atom. The van der Waals surface area contributed by atoms with Crippen molar-refractivity contribution in [3.05, 3.63) is 59.7 Å². The van der Waals surface area contributed by atoms with E-state index < -0.39 is 64.8 Å². The average Bonchev–Trinajstić information content (AvgIpc) is 0.831. The van der Waals surface area contributed by atoms with Crippen LogP contribution >= 0.6 is 0 Å². The predicted molar refractivity (Wildman–Crippen MR) is 397 cm³/mol. The molecule has 592 valence electrons. The lowest BCUT2D eigenvalue weighted by Crippen LogP contribution is -2.58. The average molecular weight is 1460 g/mol. The molecule has 2 aromatic carbocycles. The van der Waals surface area contributed by atoms with E-state index in [-0.39, 0.29) is 44.9 Å². The van der Waals surface area contributed by atoms with Gasteiger partial charge in [-0.15, -0.1) is 0 Å². The number of benzene rings is 2. The standard InChI is InChI=1S/C50H88N4O14.C26H46N4O5/c1-15-63-31-32-64-33-34-65-39-21-19-38(20-22-39)17-16-18-40(44(55)59-11)51-23-25-52(41(45(56)60-12)35-66-48(2,3)4)27-29-54(43(47(58)62-14)37-68-50(8,9)10)30-28-53(26-24-51)42(46(57)61-13)36-67-49(5,6)7;1-3-33-19-20-34-21-22-35-24-9-7-23(8-10-24)5-4-6-25(26(31)32-2)30-17-15-28-13-11-27-12-14-29-16-18-30/h19-22,40-43H,15-18,23-37H2,1-14H3;7-10,25,27-29H,3-6,11-22H2,1-2H3/t40-,41-,42-,43-;25-/m00/s1. The lowest BCUT2D eigenvalue weighted by Gasteiger charge is -2.41. The van der Waals surface area contributed by atoms with E-state index >= 15 is 0 Å². The largest absolute Gasteiger partial charge is 0.491 e. The topological polar surface area (TPSA) is 267 Å². The second-order valence-corrected chi connectivity index (χ2v) is 28.3. The van der Waals surface area contributed by atoms with Crippen molar-refractivity contribution >= 4 is 29.8 Å². The van der Waals surface area contributed by atoms with E-state index in [1.54, 1.807) is 0 Å². The lowest BCUT2D eigenvalue weighted by molar-refractivity contribution is -0.157. The summed E-state index contributed by atoms with van der Waals surface area (Å²) in [6.45, 7) is 36.4. The van der Waals surface area contributed by atoms with Crippen molar-refractivity contribution < 1.29 is 90.3 Å². The van der Waals surface area contributed by atoms with Gasteiger partial charge < -0.3 is 82.3 Å². The monoisotopic (exact) mass is 1460 g/mol. The highest BCUT2D eigenvalue weighted by atomic mass is 16.6. The molecular weight excluding hydrogens is 1330 g/mol. The molecule has 2 heterocycles. The normalized spacial score (nSPS) is 17.4. The maximum atomic E-state index is 13.9. The molecule has 27 nitrogen and oxygen atoms in total. The number of hydrogen-bond acceptors (Lipinski definition) is 27. The Bertz CT molecular complexity index is 2510. The zero-order chi connectivity index (χ0) is 75.9. The van der Waals surface area contributed by atoms with Gasteiger partial charge in [-0.3, -0.25) is 48.5 Å². The minimum atomic E-state index is -0.824. The number of carbonyl (C=O) groups is 5. The Labute approximate surface area is 617 Å². The Balaban J connectivity index is 0.000000656. The van der Waals surface area contributed by atoms with Gasteiger partial charge in [0, 0.05) is 118 Å². The molecule has 103 heavy (non-hydrogen) atoms. The molecular formula is C76H134N8O19. The number of aryl methyl sites for hydroxylation is 2. The van der Waals surface area contributed by atoms with Gasteiger partial charge in [-0.1, -0.05) is 24.3 Å². The smallest absolute Gasteiger partial charge is 0.325 e. The summed E-state index contributed by atoms with van der Waals surface area (Å²) in [5.74, 6) is -0.395. The van der Waals surface area contributed by atoms with Crippen LogP contribution in [0.5, 0.6) is 11.5 Å². The first-order chi connectivity index (χ1) is 49.3. The molecule has 0 radical (unpaired) electrons. The van der Waals surface area contributed by atoms with Gasteiger partial charge in [0.2, 0.25) is 0 Å². The van der Waals surface area contributed by atoms with Crippen LogP contribution in [0, 0.1) is 0 Å². The Morgan fingerprint density at radius 2 is 0.602 bits per heavy atom. The maximum absolute atomic E-state index is 13.9. The van der Waals surface area contributed by atoms with Gasteiger partial charge in [-0.2, -0.15) is 0 Å². The molecule has 5 atom stereocenters. The number of carbonyl (C=O) groups excluding carboxylic acids is 5. The lowest BCUT2D eigenvalue weighted by atomic mass is 10.0. The van der Waals surface area contributed by atoms with Crippen LogP contribution in [0.25, 0.3) is 0 Å². The summed E-state index contributed by atoms with van der Waals surface area (Å²) >= 11 is 0. The quantitative estimate of drug-likeness (QED) is 0.0432. The summed E-state index contributed by atoms with van der Waals surface area (Å²) in [4.78, 5) is 77.8. The zero-order valence-electron chi connectivity index (χ0n) is 65.7. The van der Waals surface area contributed by atoms with Crippen LogP contribution in [0.4, 0.5) is 0 Å². The van der Waals surface area contributed by atoms with Crippen LogP contribution in [0.2, 0.25) is 0 Å². The fourth-order valence-corrected chi connectivity index (χ4v) is 11.5. The van der Waals surface area contributed by atoms with Crippen LogP contribution in [0.15, 0.2) is 48.5 Å². The van der Waals surface area contributed by atoms with Crippen molar-refractivity contribution in [3.63, 3.8) is 0 Å². The van der Waals surface area contributed by atoms with Crippen molar-refractivity contribution in [1.82, 2.24) is 40.4 Å². The molecule has 0 saturated carbocycles. The van der Waals surface area contributed by atoms with Crippen LogP contribution in [-0.2, 0) is 93.7 Å². The maximum Gasteiger partial charge on any atom is 0.325 e. The number of rotatable bonds is 40. The molecule has 27 heteroatoms. The minimum absolute atomic E-state index is 0.0367. The van der Waals surface area contributed by atoms with Crippen LogP contribution < -0.4 is 25.4 Å². The number of methoxy groups -OCH3 is 5. The molecule has 2 aromatic rings. The summed E-state index contributed by atoms with van der Waals surface area (Å²) in [6.07, 6.45) is 4.41. The molecule has 2 saturated heterocycles.